The van der Waals surface area contributed by atoms with Crippen molar-refractivity contribution in [3.8, 4) is 78.7 Å². The molecule has 0 aliphatic rings. The molecule has 0 aliphatic carbocycles. The van der Waals surface area contributed by atoms with Crippen molar-refractivity contribution in [2.75, 3.05) is 11.1 Å². The molecule has 0 saturated heterocycles. The van der Waals surface area contributed by atoms with E-state index in [4.69, 9.17) is 31.7 Å². The smallest absolute Gasteiger partial charge is 0.485 e. The molecule has 0 spiro atoms. The molecule has 7 aromatic carbocycles. The minimum Gasteiger partial charge on any atom is -0.741 e. The molecule has 0 fully saturated rings. The number of amides is 1. The van der Waals surface area contributed by atoms with E-state index in [1.165, 1.54) is 6.92 Å². The zero-order chi connectivity index (χ0) is 54.1. The van der Waals surface area contributed by atoms with Crippen LogP contribution in [0.25, 0.3) is 78.7 Å². The van der Waals surface area contributed by atoms with E-state index in [1.807, 2.05) is 36.4 Å². The molecule has 0 saturated carbocycles. The van der Waals surface area contributed by atoms with E-state index in [-0.39, 0.29) is 5.91 Å². The molecule has 19 heteroatoms. The molecule has 0 radical (unpaired) electrons. The third kappa shape index (κ3) is 13.6. The number of halogens is 6. The fraction of sp³-hybridized carbons (Fsp3) is 0.0536. The topological polar surface area (TPSA) is 177 Å². The minimum atomic E-state index is -6.09. The number of carbonyl (C=O) groups is 1. The summed E-state index contributed by atoms with van der Waals surface area (Å²) in [5.74, 6) is -0.0990. The molecule has 75 heavy (non-hydrogen) atoms. The Morgan fingerprint density at radius 3 is 0.907 bits per heavy atom. The first-order valence-electron chi connectivity index (χ1n) is 22.3. The van der Waals surface area contributed by atoms with Crippen molar-refractivity contribution in [3.05, 3.63) is 218 Å². The van der Waals surface area contributed by atoms with E-state index in [0.29, 0.717) is 0 Å². The molecule has 2 heterocycles. The van der Waals surface area contributed by atoms with E-state index in [1.54, 1.807) is 0 Å². The molecule has 2 aromatic heterocycles. The Balaban J connectivity index is 0.000000445. The van der Waals surface area contributed by atoms with E-state index in [0.717, 1.165) is 90.0 Å². The Kier molecular flexibility index (Phi) is 16.5. The maximum absolute atomic E-state index is 11.8. The van der Waals surface area contributed by atoms with Crippen LogP contribution in [0.1, 0.15) is 6.92 Å². The maximum Gasteiger partial charge on any atom is 0.485 e. The quantitative estimate of drug-likeness (QED) is 0.0472. The number of carbonyl (C=O) groups excluding carboxylic acids is 1. The summed E-state index contributed by atoms with van der Waals surface area (Å²) in [4.78, 5) is 11.8. The standard InChI is InChI=1S/C54H40N4O.2CHF3O3S/c1-38(59)56-48-28-32-50(33-29-48)58-53(43-18-10-4-11-19-43)36-46(37-54(58)44-20-12-5-13-21-44)40-24-22-39(23-25-40)45-34-51(41-14-6-2-7-15-41)57(49-30-26-47(55)27-31-49)52(35-45)42-16-8-3-9-17-42;2*2-1(3,4)8(5,6)7/h2-37,55H,1H3;2*(H,5,6,7). The second-order valence-electron chi connectivity index (χ2n) is 16.4. The van der Waals surface area contributed by atoms with Gasteiger partial charge in [-0.1, -0.05) is 97.1 Å². The zero-order valence-electron chi connectivity index (χ0n) is 39.2. The number of rotatable bonds is 9. The third-order valence-corrected chi connectivity index (χ3v) is 12.3. The number of alkyl halides is 6. The molecule has 1 amide bonds. The van der Waals surface area contributed by atoms with E-state index in [2.05, 4.69) is 196 Å². The number of nitrogens with zero attached hydrogens (tertiary/aromatic N) is 2. The van der Waals surface area contributed by atoms with Crippen LogP contribution in [0.2, 0.25) is 0 Å². The van der Waals surface area contributed by atoms with Crippen LogP contribution in [0.4, 0.5) is 37.7 Å². The lowest BCUT2D eigenvalue weighted by atomic mass is 9.95. The van der Waals surface area contributed by atoms with Gasteiger partial charge in [-0.15, -0.1) is 0 Å². The van der Waals surface area contributed by atoms with E-state index in [9.17, 15) is 31.1 Å². The molecule has 9 aromatic rings. The summed E-state index contributed by atoms with van der Waals surface area (Å²) in [6.07, 6.45) is 0. The highest BCUT2D eigenvalue weighted by Gasteiger charge is 2.37. The molecular weight excluding hydrogens is 1020 g/mol. The Morgan fingerprint density at radius 1 is 0.413 bits per heavy atom. The number of aromatic nitrogens is 2. The van der Waals surface area contributed by atoms with Gasteiger partial charge in [0.15, 0.2) is 20.2 Å². The average Bonchev–Trinajstić information content (AvgIpc) is 3.39. The number of benzene rings is 7. The Labute approximate surface area is 428 Å². The largest absolute Gasteiger partial charge is 0.741 e. The van der Waals surface area contributed by atoms with Gasteiger partial charge in [0.2, 0.25) is 40.1 Å². The van der Waals surface area contributed by atoms with Crippen LogP contribution in [-0.4, -0.2) is 42.9 Å². The lowest BCUT2D eigenvalue weighted by molar-refractivity contribution is -0.572. The first-order chi connectivity index (χ1) is 35.5. The minimum absolute atomic E-state index is 0.0990. The predicted octanol–water partition coefficient (Wildman–Crippen LogP) is 11.9. The lowest BCUT2D eigenvalue weighted by Gasteiger charge is -2.14. The number of nitrogen functional groups attached to an aromatic ring is 1. The predicted molar refractivity (Wildman–Crippen MR) is 272 cm³/mol. The van der Waals surface area contributed by atoms with Crippen molar-refractivity contribution < 1.29 is 66.2 Å². The Bertz CT molecular complexity index is 3490. The first kappa shape index (κ1) is 54.3. The van der Waals surface area contributed by atoms with Gasteiger partial charge in [0.25, 0.3) is 0 Å². The molecule has 0 aliphatic heterocycles. The van der Waals surface area contributed by atoms with Gasteiger partial charge >= 0.3 is 11.0 Å². The van der Waals surface area contributed by atoms with Crippen molar-refractivity contribution in [2.24, 2.45) is 0 Å². The number of pyridine rings is 2. The van der Waals surface area contributed by atoms with Crippen LogP contribution in [0, 0.1) is 0 Å². The van der Waals surface area contributed by atoms with Gasteiger partial charge in [0.05, 0.1) is 0 Å². The number of nitrogens with one attached hydrogen (secondary N) is 1. The summed E-state index contributed by atoms with van der Waals surface area (Å²) in [6, 6.07) is 76.3. The zero-order valence-corrected chi connectivity index (χ0v) is 40.8. The fourth-order valence-corrected chi connectivity index (χ4v) is 7.74. The summed E-state index contributed by atoms with van der Waals surface area (Å²) in [6.45, 7) is 1.52. The molecular formula is C56H42F6N4O7S2. The summed E-state index contributed by atoms with van der Waals surface area (Å²) >= 11 is 0. The van der Waals surface area contributed by atoms with Crippen LogP contribution in [0.15, 0.2) is 218 Å². The molecule has 382 valence electrons. The number of hydrogen-bond donors (Lipinski definition) is 2. The lowest BCUT2D eigenvalue weighted by Crippen LogP contribution is -2.36. The van der Waals surface area contributed by atoms with Gasteiger partial charge in [-0.05, 0) is 95.1 Å². The van der Waals surface area contributed by atoms with Crippen molar-refractivity contribution in [2.45, 2.75) is 17.9 Å². The highest BCUT2D eigenvalue weighted by atomic mass is 32.2. The number of nitrogens with two attached hydrogens (primary N) is 1. The second kappa shape index (κ2) is 22.7. The third-order valence-electron chi connectivity index (χ3n) is 11.1. The van der Waals surface area contributed by atoms with Crippen LogP contribution >= 0.6 is 0 Å². The average molecular weight is 1060 g/mol. The van der Waals surface area contributed by atoms with E-state index < -0.39 is 31.3 Å². The van der Waals surface area contributed by atoms with Gasteiger partial charge in [-0.3, -0.25) is 4.79 Å². The molecule has 11 nitrogen and oxygen atoms in total. The molecule has 9 rings (SSSR count). The van der Waals surface area contributed by atoms with Crippen LogP contribution in [0.3, 0.4) is 0 Å². The maximum atomic E-state index is 11.8. The Morgan fingerprint density at radius 2 is 0.667 bits per heavy atom. The van der Waals surface area contributed by atoms with Crippen LogP contribution < -0.4 is 20.2 Å². The molecule has 0 atom stereocenters. The summed E-state index contributed by atoms with van der Waals surface area (Å²) in [7, 11) is -12.2. The molecule has 3 N–H and O–H groups in total. The number of hydrogen-bond acceptors (Lipinski definition) is 8. The van der Waals surface area contributed by atoms with Crippen LogP contribution in [-0.2, 0) is 25.0 Å². The van der Waals surface area contributed by atoms with E-state index >= 15 is 0 Å². The van der Waals surface area contributed by atoms with Crippen molar-refractivity contribution >= 4 is 37.5 Å². The van der Waals surface area contributed by atoms with Crippen LogP contribution in [0.5, 0.6) is 0 Å². The summed E-state index contributed by atoms with van der Waals surface area (Å²) in [5.41, 5.74) is 11.5. The highest BCUT2D eigenvalue weighted by Crippen LogP contribution is 2.35. The van der Waals surface area contributed by atoms with Crippen molar-refractivity contribution in [1.29, 1.82) is 0 Å². The van der Waals surface area contributed by atoms with Crippen molar-refractivity contribution in [3.63, 3.8) is 0 Å². The molecule has 0 unspecified atom stereocenters. The van der Waals surface area contributed by atoms with Crippen molar-refractivity contribution in [1.82, 2.24) is 0 Å². The fourth-order valence-electron chi connectivity index (χ4n) is 7.74. The summed E-state index contributed by atoms with van der Waals surface area (Å²) in [5, 5.41) is 2.90. The highest BCUT2D eigenvalue weighted by molar-refractivity contribution is 7.86. The normalized spacial score (nSPS) is 11.6. The van der Waals surface area contributed by atoms with Gasteiger partial charge in [0, 0.05) is 89.1 Å². The Hall–Kier alpha value is -8.49. The first-order valence-corrected chi connectivity index (χ1v) is 25.1. The van der Waals surface area contributed by atoms with Gasteiger partial charge < -0.3 is 20.2 Å². The van der Waals surface area contributed by atoms with Gasteiger partial charge in [-0.25, -0.2) is 16.8 Å². The summed E-state index contributed by atoms with van der Waals surface area (Å²) < 4.78 is 122. The van der Waals surface area contributed by atoms with Gasteiger partial charge in [-0.2, -0.15) is 35.5 Å². The van der Waals surface area contributed by atoms with Gasteiger partial charge in [0.1, 0.15) is 0 Å². The number of anilines is 2. The molecule has 0 bridgehead atoms. The SMILES string of the molecule is CC(=O)Nc1ccc(-[n+]2c(-c3ccccc3)cc(-c3ccc(-c4cc(-c5ccccc5)[n+](-c5ccc(N)cc5)c(-c5ccccc5)c4)cc3)cc2-c2ccccc2)cc1.O=S(=O)([O-])C(F)(F)F.O=S(=O)([O-])C(F)(F)F. The monoisotopic (exact) mass is 1060 g/mol. The second-order valence-corrected chi connectivity index (χ2v) is 19.1.